The minimum Gasteiger partial charge on any atom is -0.475 e. The lowest BCUT2D eigenvalue weighted by Crippen LogP contribution is -2.31. The van der Waals surface area contributed by atoms with Gasteiger partial charge >= 0.3 is 0 Å². The normalized spacial score (nSPS) is 16.2. The van der Waals surface area contributed by atoms with E-state index in [0.29, 0.717) is 17.6 Å². The molecular weight excluding hydrogens is 320 g/mol. The van der Waals surface area contributed by atoms with E-state index in [1.54, 1.807) is 18.3 Å². The van der Waals surface area contributed by atoms with Crippen molar-refractivity contribution in [3.8, 4) is 17.3 Å². The minimum atomic E-state index is -0.317. The Morgan fingerprint density at radius 2 is 2.08 bits per heavy atom. The smallest absolute Gasteiger partial charge is 0.249 e. The number of amides is 1. The fraction of sp³-hybridized carbons (Fsp3) is 0.556. The van der Waals surface area contributed by atoms with Crippen LogP contribution in [0.15, 0.2) is 22.9 Å². The number of nitrogens with one attached hydrogen (secondary N) is 1. The molecule has 7 heteroatoms. The molecular formula is C18H24N4O3. The van der Waals surface area contributed by atoms with Crippen molar-refractivity contribution in [2.24, 2.45) is 5.92 Å². The summed E-state index contributed by atoms with van der Waals surface area (Å²) in [7, 11) is 0. The molecule has 1 saturated carbocycles. The first-order valence-corrected chi connectivity index (χ1v) is 8.80. The van der Waals surface area contributed by atoms with E-state index in [-0.39, 0.29) is 24.0 Å². The fourth-order valence-electron chi connectivity index (χ4n) is 2.96. The quantitative estimate of drug-likeness (QED) is 0.865. The van der Waals surface area contributed by atoms with E-state index in [0.717, 1.165) is 31.2 Å². The number of carbonyl (C=O) groups is 1. The Morgan fingerprint density at radius 1 is 1.32 bits per heavy atom. The van der Waals surface area contributed by atoms with Crippen LogP contribution in [0.1, 0.15) is 58.4 Å². The zero-order valence-corrected chi connectivity index (χ0v) is 14.9. The van der Waals surface area contributed by atoms with Crippen molar-refractivity contribution in [2.75, 3.05) is 0 Å². The zero-order chi connectivity index (χ0) is 17.8. The van der Waals surface area contributed by atoms with Crippen molar-refractivity contribution < 1.29 is 14.1 Å². The highest BCUT2D eigenvalue weighted by molar-refractivity contribution is 5.79. The van der Waals surface area contributed by atoms with Gasteiger partial charge in [0.15, 0.2) is 0 Å². The molecule has 1 amide bonds. The molecule has 0 bridgehead atoms. The molecule has 3 rings (SSSR count). The molecule has 1 fully saturated rings. The lowest BCUT2D eigenvalue weighted by Gasteiger charge is -2.13. The van der Waals surface area contributed by atoms with Gasteiger partial charge < -0.3 is 14.6 Å². The second kappa shape index (κ2) is 7.63. The highest BCUT2D eigenvalue weighted by atomic mass is 16.5. The van der Waals surface area contributed by atoms with E-state index in [1.165, 1.54) is 0 Å². The van der Waals surface area contributed by atoms with Crippen LogP contribution >= 0.6 is 0 Å². The van der Waals surface area contributed by atoms with E-state index in [2.05, 4.69) is 20.4 Å². The van der Waals surface area contributed by atoms with Gasteiger partial charge in [-0.05, 0) is 39.7 Å². The number of rotatable bonds is 6. The molecule has 0 aromatic carbocycles. The average Bonchev–Trinajstić information content (AvgIpc) is 3.26. The SMILES string of the molecule is CC(C)Oc1cc(-c2noc(C(C)NC(=O)C3CCCC3)n2)ccn1. The molecule has 2 heterocycles. The monoisotopic (exact) mass is 344 g/mol. The lowest BCUT2D eigenvalue weighted by molar-refractivity contribution is -0.125. The standard InChI is InChI=1S/C18H24N4O3/c1-11(2)24-15-10-14(8-9-19-15)16-21-18(25-22-16)12(3)20-17(23)13-6-4-5-7-13/h8-13H,4-7H2,1-3H3,(H,20,23). The highest BCUT2D eigenvalue weighted by Crippen LogP contribution is 2.26. The Kier molecular flexibility index (Phi) is 5.31. The Morgan fingerprint density at radius 3 is 2.80 bits per heavy atom. The maximum absolute atomic E-state index is 12.2. The van der Waals surface area contributed by atoms with Crippen LogP contribution in [-0.4, -0.2) is 27.1 Å². The van der Waals surface area contributed by atoms with E-state index in [1.807, 2.05) is 20.8 Å². The van der Waals surface area contributed by atoms with Gasteiger partial charge in [-0.2, -0.15) is 4.98 Å². The predicted molar refractivity (Wildman–Crippen MR) is 91.8 cm³/mol. The molecule has 0 radical (unpaired) electrons. The summed E-state index contributed by atoms with van der Waals surface area (Å²) in [6.07, 6.45) is 5.86. The van der Waals surface area contributed by atoms with Crippen LogP contribution in [0.3, 0.4) is 0 Å². The molecule has 1 unspecified atom stereocenters. The van der Waals surface area contributed by atoms with E-state index < -0.39 is 0 Å². The van der Waals surface area contributed by atoms with Crippen molar-refractivity contribution in [2.45, 2.75) is 58.6 Å². The molecule has 2 aromatic rings. The summed E-state index contributed by atoms with van der Waals surface area (Å²) in [6, 6.07) is 3.25. The highest BCUT2D eigenvalue weighted by Gasteiger charge is 2.25. The van der Waals surface area contributed by atoms with Crippen LogP contribution in [0, 0.1) is 5.92 Å². The van der Waals surface area contributed by atoms with Gasteiger partial charge in [0.25, 0.3) is 0 Å². The Balaban J connectivity index is 1.68. The molecule has 0 spiro atoms. The van der Waals surface area contributed by atoms with Crippen LogP contribution in [0.5, 0.6) is 5.88 Å². The van der Waals surface area contributed by atoms with Crippen LogP contribution in [0.2, 0.25) is 0 Å². The van der Waals surface area contributed by atoms with Crippen molar-refractivity contribution in [1.29, 1.82) is 0 Å². The number of carbonyl (C=O) groups excluding carboxylic acids is 1. The van der Waals surface area contributed by atoms with Gasteiger partial charge in [0, 0.05) is 23.7 Å². The van der Waals surface area contributed by atoms with Gasteiger partial charge in [0.2, 0.25) is 23.5 Å². The van der Waals surface area contributed by atoms with Gasteiger partial charge in [-0.3, -0.25) is 4.79 Å². The van der Waals surface area contributed by atoms with Gasteiger partial charge in [0.05, 0.1) is 6.10 Å². The van der Waals surface area contributed by atoms with Crippen molar-refractivity contribution >= 4 is 5.91 Å². The molecule has 25 heavy (non-hydrogen) atoms. The van der Waals surface area contributed by atoms with Crippen molar-refractivity contribution in [1.82, 2.24) is 20.4 Å². The van der Waals surface area contributed by atoms with Crippen LogP contribution in [0.25, 0.3) is 11.4 Å². The van der Waals surface area contributed by atoms with Crippen LogP contribution in [0.4, 0.5) is 0 Å². The van der Waals surface area contributed by atoms with E-state index in [4.69, 9.17) is 9.26 Å². The number of ether oxygens (including phenoxy) is 1. The van der Waals surface area contributed by atoms with E-state index in [9.17, 15) is 4.79 Å². The number of hydrogen-bond acceptors (Lipinski definition) is 6. The van der Waals surface area contributed by atoms with Gasteiger partial charge in [-0.25, -0.2) is 4.98 Å². The number of aromatic nitrogens is 3. The molecule has 7 nitrogen and oxygen atoms in total. The summed E-state index contributed by atoms with van der Waals surface area (Å²) in [5, 5.41) is 6.98. The third kappa shape index (κ3) is 4.35. The fourth-order valence-corrected chi connectivity index (χ4v) is 2.96. The van der Waals surface area contributed by atoms with Crippen LogP contribution in [-0.2, 0) is 4.79 Å². The maximum Gasteiger partial charge on any atom is 0.249 e. The summed E-state index contributed by atoms with van der Waals surface area (Å²) in [5.41, 5.74) is 0.759. The molecule has 2 aromatic heterocycles. The minimum absolute atomic E-state index is 0.0365. The Bertz CT molecular complexity index is 723. The Labute approximate surface area is 147 Å². The molecule has 0 aliphatic heterocycles. The first-order chi connectivity index (χ1) is 12.0. The van der Waals surface area contributed by atoms with Crippen molar-refractivity contribution in [3.05, 3.63) is 24.2 Å². The van der Waals surface area contributed by atoms with Gasteiger partial charge in [0.1, 0.15) is 6.04 Å². The molecule has 1 aliphatic carbocycles. The molecule has 1 aliphatic rings. The third-order valence-corrected chi connectivity index (χ3v) is 4.25. The third-order valence-electron chi connectivity index (χ3n) is 4.25. The molecule has 1 atom stereocenters. The first-order valence-electron chi connectivity index (χ1n) is 8.80. The van der Waals surface area contributed by atoms with Gasteiger partial charge in [-0.15, -0.1) is 0 Å². The van der Waals surface area contributed by atoms with Crippen molar-refractivity contribution in [3.63, 3.8) is 0 Å². The summed E-state index contributed by atoms with van der Waals surface area (Å²) in [6.45, 7) is 5.73. The first kappa shape index (κ1) is 17.4. The second-order valence-corrected chi connectivity index (χ2v) is 6.72. The molecule has 0 saturated heterocycles. The predicted octanol–water partition coefficient (Wildman–Crippen LogP) is 3.29. The summed E-state index contributed by atoms with van der Waals surface area (Å²) in [4.78, 5) is 20.8. The maximum atomic E-state index is 12.2. The molecule has 134 valence electrons. The zero-order valence-electron chi connectivity index (χ0n) is 14.9. The molecule has 1 N–H and O–H groups in total. The van der Waals surface area contributed by atoms with Crippen LogP contribution < -0.4 is 10.1 Å². The summed E-state index contributed by atoms with van der Waals surface area (Å²) < 4.78 is 10.9. The second-order valence-electron chi connectivity index (χ2n) is 6.72. The lowest BCUT2D eigenvalue weighted by atomic mass is 10.1. The topological polar surface area (TPSA) is 90.1 Å². The summed E-state index contributed by atoms with van der Waals surface area (Å²) >= 11 is 0. The number of hydrogen-bond donors (Lipinski definition) is 1. The average molecular weight is 344 g/mol. The number of pyridine rings is 1. The largest absolute Gasteiger partial charge is 0.475 e. The number of nitrogens with zero attached hydrogens (tertiary/aromatic N) is 3. The van der Waals surface area contributed by atoms with E-state index >= 15 is 0 Å². The Hall–Kier alpha value is -2.44. The summed E-state index contributed by atoms with van der Waals surface area (Å²) in [5.74, 6) is 1.54. The van der Waals surface area contributed by atoms with Gasteiger partial charge in [-0.1, -0.05) is 18.0 Å².